The first-order valence-corrected chi connectivity index (χ1v) is 12.6. The Morgan fingerprint density at radius 3 is 2.45 bits per heavy atom. The zero-order valence-electron chi connectivity index (χ0n) is 21.7. The molecule has 1 aromatic carbocycles. The molecule has 0 unspecified atom stereocenters. The van der Waals surface area contributed by atoms with Gasteiger partial charge in [0.2, 0.25) is 0 Å². The van der Waals surface area contributed by atoms with E-state index in [-0.39, 0.29) is 47.4 Å². The molecular formula is C27H33F2N3O6. The predicted molar refractivity (Wildman–Crippen MR) is 134 cm³/mol. The van der Waals surface area contributed by atoms with Gasteiger partial charge in [0.05, 0.1) is 6.20 Å². The quantitative estimate of drug-likeness (QED) is 0.442. The number of halogens is 2. The van der Waals surface area contributed by atoms with Crippen LogP contribution in [0.2, 0.25) is 0 Å². The Labute approximate surface area is 220 Å². The third-order valence-electron chi connectivity index (χ3n) is 6.96. The number of fused-ring (bicyclic) bond motifs is 1. The number of aromatic nitrogens is 1. The second kappa shape index (κ2) is 11.1. The van der Waals surface area contributed by atoms with Gasteiger partial charge in [0.1, 0.15) is 18.1 Å². The number of benzene rings is 1. The minimum absolute atomic E-state index is 0.0344. The fraction of sp³-hybridized carbons (Fsp3) is 0.519. The van der Waals surface area contributed by atoms with Gasteiger partial charge in [-0.15, -0.1) is 8.78 Å². The minimum atomic E-state index is -3.67. The monoisotopic (exact) mass is 533 g/mol. The van der Waals surface area contributed by atoms with E-state index in [1.54, 1.807) is 6.20 Å². The molecule has 1 amide bonds. The number of alkyl halides is 2. The van der Waals surface area contributed by atoms with Gasteiger partial charge in [-0.05, 0) is 70.3 Å². The number of amides is 1. The molecule has 2 N–H and O–H groups in total. The molecule has 0 radical (unpaired) electrons. The van der Waals surface area contributed by atoms with Crippen LogP contribution in [0.3, 0.4) is 0 Å². The molecule has 2 aromatic rings. The van der Waals surface area contributed by atoms with Crippen molar-refractivity contribution in [3.63, 3.8) is 0 Å². The zero-order valence-corrected chi connectivity index (χ0v) is 21.7. The van der Waals surface area contributed by atoms with E-state index in [0.29, 0.717) is 11.7 Å². The van der Waals surface area contributed by atoms with E-state index in [0.717, 1.165) is 31.2 Å². The molecule has 2 aliphatic carbocycles. The van der Waals surface area contributed by atoms with Crippen LogP contribution in [0.5, 0.6) is 23.0 Å². The number of carbonyl (C=O) groups is 2. The van der Waals surface area contributed by atoms with Gasteiger partial charge in [-0.2, -0.15) is 0 Å². The van der Waals surface area contributed by atoms with Crippen LogP contribution < -0.4 is 29.6 Å². The summed E-state index contributed by atoms with van der Waals surface area (Å²) in [5, 5.41) is 6.28. The highest BCUT2D eigenvalue weighted by atomic mass is 19.3. The van der Waals surface area contributed by atoms with Crippen molar-refractivity contribution in [1.29, 1.82) is 0 Å². The number of hydrogen-bond donors (Lipinski definition) is 2. The molecule has 9 nitrogen and oxygen atoms in total. The summed E-state index contributed by atoms with van der Waals surface area (Å²) in [6.07, 6.45) is 3.76. The Kier molecular flexibility index (Phi) is 8.05. The van der Waals surface area contributed by atoms with Gasteiger partial charge in [0, 0.05) is 28.8 Å². The second-order valence-electron chi connectivity index (χ2n) is 10.1. The number of nitrogens with one attached hydrogen (secondary N) is 2. The van der Waals surface area contributed by atoms with Crippen LogP contribution in [0.4, 0.5) is 8.78 Å². The molecule has 1 aromatic heterocycles. The Hall–Kier alpha value is -3.47. The van der Waals surface area contributed by atoms with Crippen molar-refractivity contribution < 1.29 is 37.3 Å². The van der Waals surface area contributed by atoms with Crippen molar-refractivity contribution in [2.24, 2.45) is 0 Å². The lowest BCUT2D eigenvalue weighted by molar-refractivity contribution is -0.286. The summed E-state index contributed by atoms with van der Waals surface area (Å²) in [5.41, 5.74) is 0.945. The molecule has 11 heteroatoms. The summed E-state index contributed by atoms with van der Waals surface area (Å²) in [7, 11) is 1.91. The van der Waals surface area contributed by atoms with Gasteiger partial charge >= 0.3 is 6.29 Å². The highest BCUT2D eigenvalue weighted by Crippen LogP contribution is 2.44. The van der Waals surface area contributed by atoms with Crippen LogP contribution >= 0.6 is 0 Å². The summed E-state index contributed by atoms with van der Waals surface area (Å²) in [4.78, 5) is 26.5. The molecule has 2 saturated carbocycles. The standard InChI is InChI=1S/C17H22F2N2O4.C10H11NO2/c1-4-16(9-15(2,10-16)20-3)21-14(22)8-23-11-5-6-12-13(7-11)25-17(18,19)24-12;12-5-6-13-9-3-4-10(11-7-9)8-1-2-8/h5-7,20H,4,8-10H2,1-3H3,(H,21,22);3-5,7-8H,1-2,6H2. The first-order chi connectivity index (χ1) is 18.1. The Morgan fingerprint density at radius 2 is 1.84 bits per heavy atom. The average Bonchev–Trinajstić information content (AvgIpc) is 3.67. The molecule has 206 valence electrons. The molecule has 0 saturated heterocycles. The summed E-state index contributed by atoms with van der Waals surface area (Å²) in [6, 6.07) is 7.89. The fourth-order valence-corrected chi connectivity index (χ4v) is 4.77. The van der Waals surface area contributed by atoms with Crippen LogP contribution in [0.25, 0.3) is 0 Å². The molecule has 0 bridgehead atoms. The molecular weight excluding hydrogens is 500 g/mol. The topological polar surface area (TPSA) is 108 Å². The average molecular weight is 534 g/mol. The molecule has 5 rings (SSSR count). The van der Waals surface area contributed by atoms with Crippen molar-refractivity contribution in [1.82, 2.24) is 15.6 Å². The van der Waals surface area contributed by atoms with Gasteiger partial charge < -0.3 is 29.6 Å². The summed E-state index contributed by atoms with van der Waals surface area (Å²) in [5.74, 6) is 1.17. The van der Waals surface area contributed by atoms with Gasteiger partial charge in [-0.25, -0.2) is 0 Å². The van der Waals surface area contributed by atoms with Gasteiger partial charge in [-0.3, -0.25) is 14.6 Å². The van der Waals surface area contributed by atoms with Crippen LogP contribution in [-0.2, 0) is 9.59 Å². The van der Waals surface area contributed by atoms with Crippen molar-refractivity contribution in [2.45, 2.75) is 69.2 Å². The zero-order chi connectivity index (χ0) is 27.4. The Morgan fingerprint density at radius 1 is 1.13 bits per heavy atom. The van der Waals surface area contributed by atoms with Crippen molar-refractivity contribution in [3.8, 4) is 23.0 Å². The minimum Gasteiger partial charge on any atom is -0.485 e. The van der Waals surface area contributed by atoms with E-state index >= 15 is 0 Å². The van der Waals surface area contributed by atoms with Crippen molar-refractivity contribution in [2.75, 3.05) is 20.3 Å². The maximum Gasteiger partial charge on any atom is 0.586 e. The Bertz CT molecular complexity index is 1130. The van der Waals surface area contributed by atoms with Crippen LogP contribution in [0.1, 0.15) is 57.6 Å². The largest absolute Gasteiger partial charge is 0.586 e. The first-order valence-electron chi connectivity index (χ1n) is 12.6. The normalized spacial score (nSPS) is 24.3. The molecule has 2 fully saturated rings. The number of hydrogen-bond acceptors (Lipinski definition) is 8. The van der Waals surface area contributed by atoms with Crippen molar-refractivity contribution in [3.05, 3.63) is 42.2 Å². The lowest BCUT2D eigenvalue weighted by Gasteiger charge is -2.54. The predicted octanol–water partition coefficient (Wildman–Crippen LogP) is 3.96. The molecule has 1 aliphatic heterocycles. The van der Waals surface area contributed by atoms with E-state index in [1.165, 1.54) is 31.0 Å². The van der Waals surface area contributed by atoms with E-state index in [9.17, 15) is 18.4 Å². The summed E-state index contributed by atoms with van der Waals surface area (Å²) >= 11 is 0. The number of carbonyl (C=O) groups excluding carboxylic acids is 2. The third kappa shape index (κ3) is 6.89. The second-order valence-corrected chi connectivity index (χ2v) is 10.1. The summed E-state index contributed by atoms with van der Waals surface area (Å²) < 4.78 is 45.1. The number of pyridine rings is 1. The van der Waals surface area contributed by atoms with Gasteiger partial charge in [0.15, 0.2) is 24.4 Å². The van der Waals surface area contributed by atoms with Crippen molar-refractivity contribution >= 4 is 12.2 Å². The maximum absolute atomic E-state index is 13.0. The van der Waals surface area contributed by atoms with Crippen LogP contribution in [-0.4, -0.2) is 54.8 Å². The van der Waals surface area contributed by atoms with Gasteiger partial charge in [-0.1, -0.05) is 6.92 Å². The van der Waals surface area contributed by atoms with Crippen LogP contribution in [0, 0.1) is 0 Å². The Balaban J connectivity index is 0.000000216. The maximum atomic E-state index is 13.0. The first kappa shape index (κ1) is 27.6. The molecule has 0 atom stereocenters. The van der Waals surface area contributed by atoms with Crippen LogP contribution in [0.15, 0.2) is 36.5 Å². The smallest absolute Gasteiger partial charge is 0.485 e. The third-order valence-corrected chi connectivity index (χ3v) is 6.96. The number of rotatable bonds is 10. The SMILES string of the molecule is CCC1(NC(=O)COc2ccc3c(c2)OC(F)(F)O3)CC(C)(NC)C1.O=CCOc1ccc(C2CC2)nc1. The highest BCUT2D eigenvalue weighted by molar-refractivity contribution is 5.78. The summed E-state index contributed by atoms with van der Waals surface area (Å²) in [6.45, 7) is 4.05. The number of aldehydes is 1. The van der Waals surface area contributed by atoms with E-state index in [4.69, 9.17) is 9.47 Å². The number of ether oxygens (including phenoxy) is 4. The lowest BCUT2D eigenvalue weighted by Crippen LogP contribution is -2.68. The van der Waals surface area contributed by atoms with E-state index in [2.05, 4.69) is 32.0 Å². The number of nitrogens with zero attached hydrogens (tertiary/aromatic N) is 1. The highest BCUT2D eigenvalue weighted by Gasteiger charge is 2.50. The molecule has 0 spiro atoms. The van der Waals surface area contributed by atoms with E-state index in [1.807, 2.05) is 26.1 Å². The van der Waals surface area contributed by atoms with E-state index < -0.39 is 6.29 Å². The molecule has 38 heavy (non-hydrogen) atoms. The fourth-order valence-electron chi connectivity index (χ4n) is 4.77. The lowest BCUT2D eigenvalue weighted by atomic mass is 9.62. The molecule has 2 heterocycles. The molecule has 3 aliphatic rings. The van der Waals surface area contributed by atoms with Gasteiger partial charge in [0.25, 0.3) is 5.91 Å².